The van der Waals surface area contributed by atoms with Gasteiger partial charge in [-0.05, 0) is 55.8 Å². The summed E-state index contributed by atoms with van der Waals surface area (Å²) in [5, 5.41) is 13.6. The van der Waals surface area contributed by atoms with Crippen molar-refractivity contribution in [3.05, 3.63) is 23.8 Å². The second-order valence-electron chi connectivity index (χ2n) is 5.96. The minimum absolute atomic E-state index is 0.263. The third-order valence-electron chi connectivity index (χ3n) is 4.05. The quantitative estimate of drug-likeness (QED) is 0.491. The largest absolute Gasteiger partial charge is 0.493 e. The molecule has 0 heterocycles. The number of likely N-dealkylation sites (N-methyl/N-ethyl adjacent to an activating group) is 1. The Balaban J connectivity index is 2.48. The highest BCUT2D eigenvalue weighted by atomic mass is 32.2. The van der Waals surface area contributed by atoms with Crippen molar-refractivity contribution in [3.63, 3.8) is 0 Å². The molecule has 2 N–H and O–H groups in total. The van der Waals surface area contributed by atoms with Crippen molar-refractivity contribution < 1.29 is 14.6 Å². The van der Waals surface area contributed by atoms with Gasteiger partial charge in [-0.1, -0.05) is 19.9 Å². The molecule has 0 aliphatic heterocycles. The number of benzene rings is 1. The average Bonchev–Trinajstić information content (AvgIpc) is 2.64. The third kappa shape index (κ3) is 8.81. The number of thioether (sulfide) groups is 1. The summed E-state index contributed by atoms with van der Waals surface area (Å²) in [4.78, 5) is 2.18. The molecule has 0 amide bonds. The van der Waals surface area contributed by atoms with Crippen LogP contribution in [0, 0.1) is 0 Å². The van der Waals surface area contributed by atoms with Crippen molar-refractivity contribution in [3.8, 4) is 11.5 Å². The van der Waals surface area contributed by atoms with Crippen LogP contribution >= 0.6 is 11.8 Å². The van der Waals surface area contributed by atoms with Gasteiger partial charge >= 0.3 is 0 Å². The van der Waals surface area contributed by atoms with E-state index in [4.69, 9.17) is 9.47 Å². The van der Waals surface area contributed by atoms with Crippen LogP contribution in [-0.4, -0.2) is 68.0 Å². The summed E-state index contributed by atoms with van der Waals surface area (Å²) in [6, 6.07) is 5.95. The van der Waals surface area contributed by atoms with E-state index in [-0.39, 0.29) is 6.61 Å². The van der Waals surface area contributed by atoms with E-state index in [2.05, 4.69) is 30.3 Å². The van der Waals surface area contributed by atoms with Gasteiger partial charge in [-0.2, -0.15) is 11.8 Å². The Kier molecular flexibility index (Phi) is 11.7. The SMILES string of the molecule is CCN(CC)C[C@@H](O)COc1ccc(CNCCCSC)cc1OC. The maximum atomic E-state index is 10.1. The van der Waals surface area contributed by atoms with E-state index >= 15 is 0 Å². The fraction of sp³-hybridized carbons (Fsp3) is 0.684. The third-order valence-corrected chi connectivity index (χ3v) is 4.75. The molecule has 25 heavy (non-hydrogen) atoms. The number of hydrogen-bond donors (Lipinski definition) is 2. The van der Waals surface area contributed by atoms with Gasteiger partial charge in [0.1, 0.15) is 12.7 Å². The normalized spacial score (nSPS) is 12.4. The lowest BCUT2D eigenvalue weighted by Crippen LogP contribution is -2.35. The van der Waals surface area contributed by atoms with Crippen molar-refractivity contribution in [2.75, 3.05) is 51.9 Å². The smallest absolute Gasteiger partial charge is 0.161 e. The van der Waals surface area contributed by atoms with Crippen LogP contribution in [0.3, 0.4) is 0 Å². The monoisotopic (exact) mass is 370 g/mol. The Morgan fingerprint density at radius 2 is 2.00 bits per heavy atom. The zero-order chi connectivity index (χ0) is 18.5. The molecule has 0 aromatic heterocycles. The van der Waals surface area contributed by atoms with Crippen LogP contribution in [0.15, 0.2) is 18.2 Å². The molecular formula is C19H34N2O3S. The standard InChI is InChI=1S/C19H34N2O3S/c1-5-21(6-2)14-17(22)15-24-18-9-8-16(12-19(18)23-3)13-20-10-7-11-25-4/h8-9,12,17,20,22H,5-7,10-11,13-15H2,1-4H3/t17-/m1/s1. The number of rotatable bonds is 14. The van der Waals surface area contributed by atoms with Gasteiger partial charge in [0, 0.05) is 13.1 Å². The van der Waals surface area contributed by atoms with E-state index in [1.54, 1.807) is 7.11 Å². The molecule has 0 fully saturated rings. The number of hydrogen-bond acceptors (Lipinski definition) is 6. The highest BCUT2D eigenvalue weighted by Crippen LogP contribution is 2.28. The molecule has 0 saturated heterocycles. The van der Waals surface area contributed by atoms with Crippen LogP contribution in [0.25, 0.3) is 0 Å². The summed E-state index contributed by atoms with van der Waals surface area (Å²) in [6.45, 7) is 8.74. The van der Waals surface area contributed by atoms with Gasteiger partial charge in [0.25, 0.3) is 0 Å². The predicted octanol–water partition coefficient (Wildman–Crippen LogP) is 2.62. The zero-order valence-corrected chi connectivity index (χ0v) is 16.9. The van der Waals surface area contributed by atoms with E-state index in [0.717, 1.165) is 31.7 Å². The second-order valence-corrected chi connectivity index (χ2v) is 6.94. The molecule has 6 heteroatoms. The van der Waals surface area contributed by atoms with Crippen molar-refractivity contribution >= 4 is 11.8 Å². The van der Waals surface area contributed by atoms with E-state index < -0.39 is 6.10 Å². The Morgan fingerprint density at radius 3 is 2.64 bits per heavy atom. The molecule has 144 valence electrons. The maximum Gasteiger partial charge on any atom is 0.161 e. The number of methoxy groups -OCH3 is 1. The number of aliphatic hydroxyl groups excluding tert-OH is 1. The van der Waals surface area contributed by atoms with E-state index in [0.29, 0.717) is 18.0 Å². The average molecular weight is 371 g/mol. The molecule has 1 atom stereocenters. The molecule has 1 aromatic rings. The number of aliphatic hydroxyl groups is 1. The Labute approximate surface area is 157 Å². The van der Waals surface area contributed by atoms with Crippen molar-refractivity contribution in [1.29, 1.82) is 0 Å². The molecule has 0 bridgehead atoms. The van der Waals surface area contributed by atoms with Gasteiger partial charge in [0.2, 0.25) is 0 Å². The molecule has 1 aromatic carbocycles. The minimum Gasteiger partial charge on any atom is -0.493 e. The van der Waals surface area contributed by atoms with Crippen LogP contribution < -0.4 is 14.8 Å². The minimum atomic E-state index is -0.512. The molecule has 0 aliphatic rings. The summed E-state index contributed by atoms with van der Waals surface area (Å²) in [5.41, 5.74) is 1.16. The first-order valence-electron chi connectivity index (χ1n) is 9.04. The van der Waals surface area contributed by atoms with Crippen LogP contribution in [0.5, 0.6) is 11.5 Å². The Bertz CT molecular complexity index is 470. The summed E-state index contributed by atoms with van der Waals surface area (Å²) in [6.07, 6.45) is 2.79. The van der Waals surface area contributed by atoms with Crippen LogP contribution in [-0.2, 0) is 6.54 Å². The highest BCUT2D eigenvalue weighted by molar-refractivity contribution is 7.98. The lowest BCUT2D eigenvalue weighted by Gasteiger charge is -2.22. The summed E-state index contributed by atoms with van der Waals surface area (Å²) < 4.78 is 11.2. The van der Waals surface area contributed by atoms with Gasteiger partial charge in [0.15, 0.2) is 11.5 Å². The lowest BCUT2D eigenvalue weighted by molar-refractivity contribution is 0.0705. The topological polar surface area (TPSA) is 54.0 Å². The van der Waals surface area contributed by atoms with E-state index in [1.165, 1.54) is 12.2 Å². The van der Waals surface area contributed by atoms with Gasteiger partial charge < -0.3 is 24.8 Å². The van der Waals surface area contributed by atoms with Gasteiger partial charge in [-0.25, -0.2) is 0 Å². The number of ether oxygens (including phenoxy) is 2. The first-order chi connectivity index (χ1) is 12.1. The second kappa shape index (κ2) is 13.3. The lowest BCUT2D eigenvalue weighted by atomic mass is 10.2. The molecular weight excluding hydrogens is 336 g/mol. The molecule has 0 radical (unpaired) electrons. The number of nitrogens with one attached hydrogen (secondary N) is 1. The maximum absolute atomic E-state index is 10.1. The Hall–Kier alpha value is -0.950. The van der Waals surface area contributed by atoms with E-state index in [1.807, 2.05) is 30.0 Å². The molecule has 0 aliphatic carbocycles. The first-order valence-corrected chi connectivity index (χ1v) is 10.4. The molecule has 0 saturated carbocycles. The summed E-state index contributed by atoms with van der Waals surface area (Å²) in [7, 11) is 1.64. The van der Waals surface area contributed by atoms with Gasteiger partial charge in [-0.3, -0.25) is 0 Å². The zero-order valence-electron chi connectivity index (χ0n) is 16.1. The van der Waals surface area contributed by atoms with Crippen LogP contribution in [0.2, 0.25) is 0 Å². The van der Waals surface area contributed by atoms with Crippen molar-refractivity contribution in [1.82, 2.24) is 10.2 Å². The van der Waals surface area contributed by atoms with Gasteiger partial charge in [-0.15, -0.1) is 0 Å². The Morgan fingerprint density at radius 1 is 1.24 bits per heavy atom. The molecule has 0 unspecified atom stereocenters. The van der Waals surface area contributed by atoms with E-state index in [9.17, 15) is 5.11 Å². The fourth-order valence-electron chi connectivity index (χ4n) is 2.53. The highest BCUT2D eigenvalue weighted by Gasteiger charge is 2.12. The molecule has 1 rings (SSSR count). The summed E-state index contributed by atoms with van der Waals surface area (Å²) in [5.74, 6) is 2.56. The van der Waals surface area contributed by atoms with Crippen molar-refractivity contribution in [2.45, 2.75) is 32.9 Å². The number of nitrogens with zero attached hydrogens (tertiary/aromatic N) is 1. The van der Waals surface area contributed by atoms with Crippen molar-refractivity contribution in [2.24, 2.45) is 0 Å². The molecule has 5 nitrogen and oxygen atoms in total. The summed E-state index contributed by atoms with van der Waals surface area (Å²) >= 11 is 1.87. The first kappa shape index (κ1) is 22.1. The van der Waals surface area contributed by atoms with Gasteiger partial charge in [0.05, 0.1) is 7.11 Å². The van der Waals surface area contributed by atoms with Crippen LogP contribution in [0.4, 0.5) is 0 Å². The van der Waals surface area contributed by atoms with Crippen LogP contribution in [0.1, 0.15) is 25.8 Å². The molecule has 0 spiro atoms. The predicted molar refractivity (Wildman–Crippen MR) is 107 cm³/mol. The fourth-order valence-corrected chi connectivity index (χ4v) is 2.97.